The normalized spacial score (nSPS) is 12.3. The molecule has 1 heterocycles. The summed E-state index contributed by atoms with van der Waals surface area (Å²) in [7, 11) is 0. The van der Waals surface area contributed by atoms with Crippen molar-refractivity contribution in [2.24, 2.45) is 5.92 Å². The molecule has 0 fully saturated rings. The molecule has 0 aliphatic heterocycles. The van der Waals surface area contributed by atoms with Crippen LogP contribution in [0.15, 0.2) is 18.2 Å². The number of benzene rings is 1. The number of carboxylic acids is 1. The molecule has 1 unspecified atom stereocenters. The van der Waals surface area contributed by atoms with Crippen molar-refractivity contribution in [1.82, 2.24) is 9.97 Å². The van der Waals surface area contributed by atoms with E-state index in [1.165, 1.54) is 6.92 Å². The van der Waals surface area contributed by atoms with Crippen LogP contribution in [-0.2, 0) is 16.0 Å². The molecule has 1 aromatic carbocycles. The van der Waals surface area contributed by atoms with Gasteiger partial charge in [-0.2, -0.15) is 0 Å². The minimum absolute atomic E-state index is 0.535. The van der Waals surface area contributed by atoms with Crippen LogP contribution in [-0.4, -0.2) is 27.0 Å². The van der Waals surface area contributed by atoms with E-state index in [2.05, 4.69) is 22.2 Å². The summed E-state index contributed by atoms with van der Waals surface area (Å²) < 4.78 is 0. The van der Waals surface area contributed by atoms with Crippen molar-refractivity contribution in [2.45, 2.75) is 33.1 Å². The summed E-state index contributed by atoms with van der Waals surface area (Å²) in [4.78, 5) is 30.2. The van der Waals surface area contributed by atoms with Crippen molar-refractivity contribution in [1.29, 1.82) is 0 Å². The molecule has 1 aromatic heterocycles. The molecule has 1 amide bonds. The molecule has 6 nitrogen and oxygen atoms in total. The minimum atomic E-state index is -1.14. The van der Waals surface area contributed by atoms with Gasteiger partial charge in [-0.25, -0.2) is 4.98 Å². The molecule has 3 N–H and O–H groups in total. The average molecular weight is 289 g/mol. The fourth-order valence-corrected chi connectivity index (χ4v) is 1.97. The maximum absolute atomic E-state index is 11.7. The Morgan fingerprint density at radius 1 is 1.43 bits per heavy atom. The van der Waals surface area contributed by atoms with Gasteiger partial charge in [-0.3, -0.25) is 9.59 Å². The Bertz CT molecular complexity index is 663. The van der Waals surface area contributed by atoms with Crippen LogP contribution in [0.4, 0.5) is 5.69 Å². The molecule has 2 aromatic rings. The molecule has 1 atom stereocenters. The van der Waals surface area contributed by atoms with Crippen molar-refractivity contribution >= 4 is 28.6 Å². The van der Waals surface area contributed by atoms with Crippen LogP contribution in [0.2, 0.25) is 0 Å². The zero-order valence-electron chi connectivity index (χ0n) is 12.1. The Balaban J connectivity index is 2.15. The highest BCUT2D eigenvalue weighted by atomic mass is 16.4. The number of imidazole rings is 1. The number of anilines is 1. The van der Waals surface area contributed by atoms with Crippen molar-refractivity contribution in [2.75, 3.05) is 5.32 Å². The molecule has 0 saturated heterocycles. The van der Waals surface area contributed by atoms with Crippen LogP contribution in [0.5, 0.6) is 0 Å². The van der Waals surface area contributed by atoms with Gasteiger partial charge in [0, 0.05) is 12.1 Å². The van der Waals surface area contributed by atoms with Gasteiger partial charge in [0.15, 0.2) is 0 Å². The summed E-state index contributed by atoms with van der Waals surface area (Å²) in [5, 5.41) is 11.4. The van der Waals surface area contributed by atoms with Gasteiger partial charge < -0.3 is 15.4 Å². The third-order valence-electron chi connectivity index (χ3n) is 3.33. The summed E-state index contributed by atoms with van der Waals surface area (Å²) in [6.07, 6.45) is 3.06. The fraction of sp³-hybridized carbons (Fsp3) is 0.400. The molecular weight excluding hydrogens is 270 g/mol. The van der Waals surface area contributed by atoms with E-state index in [0.717, 1.165) is 36.1 Å². The van der Waals surface area contributed by atoms with Crippen molar-refractivity contribution in [3.63, 3.8) is 0 Å². The molecule has 0 spiro atoms. The first kappa shape index (κ1) is 15.0. The van der Waals surface area contributed by atoms with Crippen molar-refractivity contribution in [3.05, 3.63) is 24.0 Å². The van der Waals surface area contributed by atoms with E-state index in [1.54, 1.807) is 12.1 Å². The number of hydrogen-bond acceptors (Lipinski definition) is 3. The first-order chi connectivity index (χ1) is 10.0. The van der Waals surface area contributed by atoms with Crippen LogP contribution in [0.25, 0.3) is 11.0 Å². The second kappa shape index (κ2) is 6.39. The number of carbonyl (C=O) groups is 2. The number of H-pyrrole nitrogens is 1. The first-order valence-electron chi connectivity index (χ1n) is 7.03. The lowest BCUT2D eigenvalue weighted by atomic mass is 10.1. The second-order valence-electron chi connectivity index (χ2n) is 5.07. The molecule has 0 radical (unpaired) electrons. The van der Waals surface area contributed by atoms with Gasteiger partial charge in [-0.1, -0.05) is 13.3 Å². The molecule has 0 bridgehead atoms. The van der Waals surface area contributed by atoms with Crippen molar-refractivity contribution in [3.8, 4) is 0 Å². The number of nitrogens with one attached hydrogen (secondary N) is 2. The summed E-state index contributed by atoms with van der Waals surface area (Å²) in [5.41, 5.74) is 2.23. The maximum Gasteiger partial charge on any atom is 0.315 e. The average Bonchev–Trinajstić information content (AvgIpc) is 2.86. The molecule has 21 heavy (non-hydrogen) atoms. The van der Waals surface area contributed by atoms with Crippen LogP contribution in [0, 0.1) is 5.92 Å². The Labute approximate surface area is 122 Å². The Morgan fingerprint density at radius 3 is 2.86 bits per heavy atom. The van der Waals surface area contributed by atoms with Crippen molar-refractivity contribution < 1.29 is 14.7 Å². The summed E-state index contributed by atoms with van der Waals surface area (Å²) in [6.45, 7) is 3.48. The molecule has 0 aliphatic carbocycles. The third kappa shape index (κ3) is 3.59. The third-order valence-corrected chi connectivity index (χ3v) is 3.33. The molecule has 112 valence electrons. The van der Waals surface area contributed by atoms with Crippen LogP contribution in [0.3, 0.4) is 0 Å². The number of carboxylic acid groups (broad SMARTS) is 1. The minimum Gasteiger partial charge on any atom is -0.481 e. The number of amides is 1. The zero-order valence-corrected chi connectivity index (χ0v) is 12.1. The van der Waals surface area contributed by atoms with Gasteiger partial charge in [0.05, 0.1) is 11.0 Å². The number of carbonyl (C=O) groups excluding carboxylic acids is 1. The number of rotatable bonds is 6. The number of unbranched alkanes of at least 4 members (excludes halogenated alkanes) is 1. The molecule has 6 heteroatoms. The Hall–Kier alpha value is -2.37. The maximum atomic E-state index is 11.7. The molecule has 2 rings (SSSR count). The highest BCUT2D eigenvalue weighted by Crippen LogP contribution is 2.18. The molecule has 0 aliphatic rings. The van der Waals surface area contributed by atoms with E-state index in [4.69, 9.17) is 5.11 Å². The highest BCUT2D eigenvalue weighted by Gasteiger charge is 2.20. The van der Waals surface area contributed by atoms with Gasteiger partial charge in [-0.15, -0.1) is 0 Å². The fourth-order valence-electron chi connectivity index (χ4n) is 1.97. The van der Waals surface area contributed by atoms with E-state index in [1.807, 2.05) is 6.07 Å². The van der Waals surface area contributed by atoms with Crippen LogP contribution < -0.4 is 5.32 Å². The number of aliphatic carboxylic acids is 1. The molecular formula is C15H19N3O3. The lowest BCUT2D eigenvalue weighted by Gasteiger charge is -2.07. The van der Waals surface area contributed by atoms with E-state index >= 15 is 0 Å². The quantitative estimate of drug-likeness (QED) is 0.712. The lowest BCUT2D eigenvalue weighted by Crippen LogP contribution is -2.26. The SMILES string of the molecule is CCCCc1nc2ccc(NC(=O)C(C)C(=O)O)cc2[nH]1. The van der Waals surface area contributed by atoms with Gasteiger partial charge >= 0.3 is 5.97 Å². The molecule has 0 saturated carbocycles. The number of hydrogen-bond donors (Lipinski definition) is 3. The van der Waals surface area contributed by atoms with Gasteiger partial charge in [0.2, 0.25) is 5.91 Å². The number of aromatic nitrogens is 2. The number of aromatic amines is 1. The van der Waals surface area contributed by atoms with E-state index in [9.17, 15) is 9.59 Å². The summed E-state index contributed by atoms with van der Waals surface area (Å²) >= 11 is 0. The predicted molar refractivity (Wildman–Crippen MR) is 80.1 cm³/mol. The smallest absolute Gasteiger partial charge is 0.315 e. The standard InChI is InChI=1S/C15H19N3O3/c1-3-4-5-13-17-11-7-6-10(8-12(11)18-13)16-14(19)9(2)15(20)21/h6-9H,3-5H2,1-2H3,(H,16,19)(H,17,18)(H,20,21). The van der Waals surface area contributed by atoms with E-state index in [-0.39, 0.29) is 0 Å². The van der Waals surface area contributed by atoms with Gasteiger partial charge in [-0.05, 0) is 31.5 Å². The van der Waals surface area contributed by atoms with E-state index < -0.39 is 17.8 Å². The second-order valence-corrected chi connectivity index (χ2v) is 5.07. The lowest BCUT2D eigenvalue weighted by molar-refractivity contribution is -0.144. The first-order valence-corrected chi connectivity index (χ1v) is 7.03. The predicted octanol–water partition coefficient (Wildman–Crippen LogP) is 2.56. The number of aryl methyl sites for hydroxylation is 1. The topological polar surface area (TPSA) is 95.1 Å². The number of fused-ring (bicyclic) bond motifs is 1. The summed E-state index contributed by atoms with van der Waals surface area (Å²) in [6, 6.07) is 5.30. The van der Waals surface area contributed by atoms with E-state index in [0.29, 0.717) is 5.69 Å². The Morgan fingerprint density at radius 2 is 2.19 bits per heavy atom. The zero-order chi connectivity index (χ0) is 15.4. The number of nitrogens with zero attached hydrogens (tertiary/aromatic N) is 1. The highest BCUT2D eigenvalue weighted by molar-refractivity contribution is 6.04. The monoisotopic (exact) mass is 289 g/mol. The Kier molecular flexibility index (Phi) is 4.57. The van der Waals surface area contributed by atoms with Crippen LogP contribution in [0.1, 0.15) is 32.5 Å². The van der Waals surface area contributed by atoms with Crippen LogP contribution >= 0.6 is 0 Å². The largest absolute Gasteiger partial charge is 0.481 e. The van der Waals surface area contributed by atoms with Gasteiger partial charge in [0.25, 0.3) is 0 Å². The van der Waals surface area contributed by atoms with Gasteiger partial charge in [0.1, 0.15) is 11.7 Å². The summed E-state index contributed by atoms with van der Waals surface area (Å²) in [5.74, 6) is -1.83.